The second kappa shape index (κ2) is 7.69. The molecule has 0 aromatic heterocycles. The molecule has 0 bridgehead atoms. The zero-order chi connectivity index (χ0) is 15.2. The molecule has 1 fully saturated rings. The molecule has 1 amide bonds. The SMILES string of the molecule is COc1ccc(OC)c(C(=O)NCC2CCCC2CBr)c1. The van der Waals surface area contributed by atoms with E-state index >= 15 is 0 Å². The van der Waals surface area contributed by atoms with E-state index in [1.807, 2.05) is 0 Å². The second-order valence-corrected chi connectivity index (χ2v) is 6.03. The van der Waals surface area contributed by atoms with Crippen molar-refractivity contribution in [3.05, 3.63) is 23.8 Å². The molecule has 2 rings (SSSR count). The van der Waals surface area contributed by atoms with Crippen LogP contribution in [0.5, 0.6) is 11.5 Å². The third-order valence-electron chi connectivity index (χ3n) is 4.19. The lowest BCUT2D eigenvalue weighted by atomic mass is 9.98. The minimum atomic E-state index is -0.106. The fourth-order valence-electron chi connectivity index (χ4n) is 2.90. The number of halogens is 1. The maximum Gasteiger partial charge on any atom is 0.255 e. The summed E-state index contributed by atoms with van der Waals surface area (Å²) in [6.07, 6.45) is 3.68. The van der Waals surface area contributed by atoms with Gasteiger partial charge in [-0.05, 0) is 42.9 Å². The van der Waals surface area contributed by atoms with E-state index in [9.17, 15) is 4.79 Å². The lowest BCUT2D eigenvalue weighted by molar-refractivity contribution is 0.0941. The molecule has 1 saturated carbocycles. The van der Waals surface area contributed by atoms with Crippen molar-refractivity contribution >= 4 is 21.8 Å². The van der Waals surface area contributed by atoms with Gasteiger partial charge in [0.05, 0.1) is 19.8 Å². The number of rotatable bonds is 6. The van der Waals surface area contributed by atoms with Gasteiger partial charge >= 0.3 is 0 Å². The molecule has 0 aliphatic heterocycles. The number of hydrogen-bond acceptors (Lipinski definition) is 3. The summed E-state index contributed by atoms with van der Waals surface area (Å²) in [7, 11) is 3.15. The van der Waals surface area contributed by atoms with Crippen LogP contribution >= 0.6 is 15.9 Å². The molecule has 1 aromatic carbocycles. The molecule has 1 aliphatic carbocycles. The monoisotopic (exact) mass is 355 g/mol. The summed E-state index contributed by atoms with van der Waals surface area (Å²) in [5, 5.41) is 4.05. The summed E-state index contributed by atoms with van der Waals surface area (Å²) in [5.41, 5.74) is 0.519. The zero-order valence-corrected chi connectivity index (χ0v) is 14.1. The van der Waals surface area contributed by atoms with Crippen LogP contribution in [0.2, 0.25) is 0 Å². The third-order valence-corrected chi connectivity index (χ3v) is 5.02. The number of carbonyl (C=O) groups excluding carboxylic acids is 1. The minimum absolute atomic E-state index is 0.106. The van der Waals surface area contributed by atoms with Crippen LogP contribution in [0.15, 0.2) is 18.2 Å². The minimum Gasteiger partial charge on any atom is -0.497 e. The molecule has 2 unspecified atom stereocenters. The molecular formula is C16H22BrNO3. The first-order valence-electron chi connectivity index (χ1n) is 7.25. The smallest absolute Gasteiger partial charge is 0.255 e. The molecule has 0 radical (unpaired) electrons. The summed E-state index contributed by atoms with van der Waals surface area (Å²) in [4.78, 5) is 12.4. The Hall–Kier alpha value is -1.23. The predicted octanol–water partition coefficient (Wildman–Crippen LogP) is 3.24. The van der Waals surface area contributed by atoms with Crippen LogP contribution < -0.4 is 14.8 Å². The average molecular weight is 356 g/mol. The first-order chi connectivity index (χ1) is 10.2. The summed E-state index contributed by atoms with van der Waals surface area (Å²) in [6, 6.07) is 5.25. The third kappa shape index (κ3) is 3.90. The van der Waals surface area contributed by atoms with E-state index in [0.717, 1.165) is 11.9 Å². The maximum absolute atomic E-state index is 12.4. The van der Waals surface area contributed by atoms with Crippen molar-refractivity contribution in [1.29, 1.82) is 0 Å². The van der Waals surface area contributed by atoms with E-state index < -0.39 is 0 Å². The van der Waals surface area contributed by atoms with Gasteiger partial charge in [0.25, 0.3) is 5.91 Å². The van der Waals surface area contributed by atoms with Gasteiger partial charge < -0.3 is 14.8 Å². The van der Waals surface area contributed by atoms with Crippen molar-refractivity contribution in [2.24, 2.45) is 11.8 Å². The Labute approximate surface area is 134 Å². The van der Waals surface area contributed by atoms with Crippen LogP contribution in [0.1, 0.15) is 29.6 Å². The van der Waals surface area contributed by atoms with Gasteiger partial charge in [-0.3, -0.25) is 4.79 Å². The largest absolute Gasteiger partial charge is 0.497 e. The van der Waals surface area contributed by atoms with E-state index in [2.05, 4.69) is 21.2 Å². The average Bonchev–Trinajstić information content (AvgIpc) is 2.99. The lowest BCUT2D eigenvalue weighted by Crippen LogP contribution is -2.31. The van der Waals surface area contributed by atoms with Crippen LogP contribution in [0.25, 0.3) is 0 Å². The van der Waals surface area contributed by atoms with Crippen LogP contribution in [-0.4, -0.2) is 32.0 Å². The quantitative estimate of drug-likeness (QED) is 0.796. The fraction of sp³-hybridized carbons (Fsp3) is 0.562. The van der Waals surface area contributed by atoms with Gasteiger partial charge in [-0.25, -0.2) is 0 Å². The maximum atomic E-state index is 12.4. The highest BCUT2D eigenvalue weighted by atomic mass is 79.9. The Kier molecular flexibility index (Phi) is 5.91. The van der Waals surface area contributed by atoms with Crippen LogP contribution in [0.3, 0.4) is 0 Å². The highest BCUT2D eigenvalue weighted by molar-refractivity contribution is 9.09. The molecule has 0 heterocycles. The van der Waals surface area contributed by atoms with E-state index in [0.29, 0.717) is 28.9 Å². The van der Waals surface area contributed by atoms with Crippen molar-refractivity contribution in [3.8, 4) is 11.5 Å². The fourth-order valence-corrected chi connectivity index (χ4v) is 3.75. The van der Waals surface area contributed by atoms with E-state index in [1.165, 1.54) is 19.3 Å². The number of alkyl halides is 1. The number of methoxy groups -OCH3 is 2. The Morgan fingerprint density at radius 1 is 1.29 bits per heavy atom. The van der Waals surface area contributed by atoms with Gasteiger partial charge in [0.15, 0.2) is 0 Å². The molecule has 1 N–H and O–H groups in total. The number of amides is 1. The molecule has 116 valence electrons. The van der Waals surface area contributed by atoms with Gasteiger partial charge in [0, 0.05) is 11.9 Å². The zero-order valence-electron chi connectivity index (χ0n) is 12.5. The van der Waals surface area contributed by atoms with E-state index in [4.69, 9.17) is 9.47 Å². The second-order valence-electron chi connectivity index (χ2n) is 5.38. The van der Waals surface area contributed by atoms with Gasteiger partial charge in [0.2, 0.25) is 0 Å². The highest BCUT2D eigenvalue weighted by Crippen LogP contribution is 2.32. The number of hydrogen-bond donors (Lipinski definition) is 1. The number of nitrogens with one attached hydrogen (secondary N) is 1. The van der Waals surface area contributed by atoms with E-state index in [-0.39, 0.29) is 5.91 Å². The van der Waals surface area contributed by atoms with E-state index in [1.54, 1.807) is 32.4 Å². The normalized spacial score (nSPS) is 21.1. The van der Waals surface area contributed by atoms with Crippen molar-refractivity contribution in [1.82, 2.24) is 5.32 Å². The molecule has 1 aliphatic rings. The molecule has 2 atom stereocenters. The number of ether oxygens (including phenoxy) is 2. The van der Waals surface area contributed by atoms with Crippen LogP contribution in [0.4, 0.5) is 0 Å². The molecular weight excluding hydrogens is 334 g/mol. The first kappa shape index (κ1) is 16.1. The summed E-state index contributed by atoms with van der Waals surface area (Å²) in [6.45, 7) is 0.718. The molecule has 1 aromatic rings. The molecule has 0 spiro atoms. The van der Waals surface area contributed by atoms with Gasteiger partial charge in [-0.15, -0.1) is 0 Å². The van der Waals surface area contributed by atoms with Crippen molar-refractivity contribution in [2.75, 3.05) is 26.1 Å². The van der Waals surface area contributed by atoms with Crippen LogP contribution in [0, 0.1) is 11.8 Å². The highest BCUT2D eigenvalue weighted by Gasteiger charge is 2.26. The topological polar surface area (TPSA) is 47.6 Å². The Bertz CT molecular complexity index is 492. The standard InChI is InChI=1S/C16H22BrNO3/c1-20-13-6-7-15(21-2)14(8-13)16(19)18-10-12-5-3-4-11(12)9-17/h6-8,11-12H,3-5,9-10H2,1-2H3,(H,18,19). The first-order valence-corrected chi connectivity index (χ1v) is 8.38. The van der Waals surface area contributed by atoms with Crippen molar-refractivity contribution in [3.63, 3.8) is 0 Å². The van der Waals surface area contributed by atoms with Crippen LogP contribution in [-0.2, 0) is 0 Å². The number of carbonyl (C=O) groups is 1. The molecule has 21 heavy (non-hydrogen) atoms. The Morgan fingerprint density at radius 2 is 2.05 bits per heavy atom. The molecule has 5 heteroatoms. The van der Waals surface area contributed by atoms with Gasteiger partial charge in [-0.1, -0.05) is 22.4 Å². The molecule has 4 nitrogen and oxygen atoms in total. The number of benzene rings is 1. The predicted molar refractivity (Wildman–Crippen MR) is 86.5 cm³/mol. The molecule has 0 saturated heterocycles. The Morgan fingerprint density at radius 3 is 2.71 bits per heavy atom. The lowest BCUT2D eigenvalue weighted by Gasteiger charge is -2.18. The summed E-state index contributed by atoms with van der Waals surface area (Å²) < 4.78 is 10.4. The van der Waals surface area contributed by atoms with Crippen molar-refractivity contribution < 1.29 is 14.3 Å². The Balaban J connectivity index is 2.02. The van der Waals surface area contributed by atoms with Crippen molar-refractivity contribution in [2.45, 2.75) is 19.3 Å². The summed E-state index contributed by atoms with van der Waals surface area (Å²) >= 11 is 3.56. The summed E-state index contributed by atoms with van der Waals surface area (Å²) in [5.74, 6) is 2.34. The van der Waals surface area contributed by atoms with Gasteiger partial charge in [-0.2, -0.15) is 0 Å². The van der Waals surface area contributed by atoms with Gasteiger partial charge in [0.1, 0.15) is 11.5 Å².